The van der Waals surface area contributed by atoms with Gasteiger partial charge in [-0.15, -0.1) is 0 Å². The van der Waals surface area contributed by atoms with E-state index in [1.807, 2.05) is 13.8 Å². The van der Waals surface area contributed by atoms with Crippen molar-refractivity contribution in [3.8, 4) is 0 Å². The third-order valence-electron chi connectivity index (χ3n) is 1.66. The van der Waals surface area contributed by atoms with Crippen LogP contribution in [0.1, 0.15) is 20.3 Å². The average Bonchev–Trinajstić information content (AvgIpc) is 2.20. The highest BCUT2D eigenvalue weighted by molar-refractivity contribution is 5.73. The van der Waals surface area contributed by atoms with Crippen molar-refractivity contribution in [3.05, 3.63) is 0 Å². The number of aliphatic hydroxyl groups is 1. The third kappa shape index (κ3) is 11.1. The molecular weight excluding hydrogens is 196 g/mol. The molecule has 0 spiro atoms. The van der Waals surface area contributed by atoms with E-state index in [4.69, 9.17) is 9.84 Å². The van der Waals surface area contributed by atoms with E-state index in [0.717, 1.165) is 6.42 Å². The van der Waals surface area contributed by atoms with Gasteiger partial charge in [-0.3, -0.25) is 0 Å². The highest BCUT2D eigenvalue weighted by Gasteiger charge is 1.99. The highest BCUT2D eigenvalue weighted by atomic mass is 16.5. The van der Waals surface area contributed by atoms with Crippen molar-refractivity contribution in [2.24, 2.45) is 5.92 Å². The SMILES string of the molecule is CC(C)CNC(=O)NCCCOCCO. The van der Waals surface area contributed by atoms with E-state index in [9.17, 15) is 4.79 Å². The largest absolute Gasteiger partial charge is 0.394 e. The number of hydrogen-bond donors (Lipinski definition) is 3. The molecule has 0 atom stereocenters. The Morgan fingerprint density at radius 3 is 2.67 bits per heavy atom. The zero-order valence-corrected chi connectivity index (χ0v) is 9.58. The van der Waals surface area contributed by atoms with E-state index in [-0.39, 0.29) is 12.6 Å². The van der Waals surface area contributed by atoms with E-state index in [1.54, 1.807) is 0 Å². The minimum atomic E-state index is -0.133. The molecule has 2 amide bonds. The van der Waals surface area contributed by atoms with E-state index >= 15 is 0 Å². The van der Waals surface area contributed by atoms with Gasteiger partial charge in [0.05, 0.1) is 13.2 Å². The summed E-state index contributed by atoms with van der Waals surface area (Å²) in [5.74, 6) is 0.462. The number of amides is 2. The first-order valence-corrected chi connectivity index (χ1v) is 5.37. The van der Waals surface area contributed by atoms with E-state index in [1.165, 1.54) is 0 Å². The molecule has 0 unspecified atom stereocenters. The predicted octanol–water partition coefficient (Wildman–Crippen LogP) is 0.341. The second kappa shape index (κ2) is 9.73. The molecule has 0 saturated carbocycles. The maximum Gasteiger partial charge on any atom is 0.314 e. The van der Waals surface area contributed by atoms with E-state index < -0.39 is 0 Å². The highest BCUT2D eigenvalue weighted by Crippen LogP contribution is 1.86. The molecule has 0 rings (SSSR count). The van der Waals surface area contributed by atoms with Gasteiger partial charge >= 0.3 is 6.03 Å². The van der Waals surface area contributed by atoms with Gasteiger partial charge in [-0.05, 0) is 12.3 Å². The van der Waals surface area contributed by atoms with Gasteiger partial charge in [0.15, 0.2) is 0 Å². The number of nitrogens with one attached hydrogen (secondary N) is 2. The molecule has 0 radical (unpaired) electrons. The summed E-state index contributed by atoms with van der Waals surface area (Å²) in [5.41, 5.74) is 0. The van der Waals surface area contributed by atoms with Crippen molar-refractivity contribution in [3.63, 3.8) is 0 Å². The van der Waals surface area contributed by atoms with E-state index in [2.05, 4.69) is 10.6 Å². The van der Waals surface area contributed by atoms with Crippen LogP contribution in [0, 0.1) is 5.92 Å². The Kier molecular flexibility index (Phi) is 9.21. The number of rotatable bonds is 8. The first kappa shape index (κ1) is 14.2. The summed E-state index contributed by atoms with van der Waals surface area (Å²) in [6, 6.07) is -0.133. The van der Waals surface area contributed by atoms with Gasteiger partial charge in [0.2, 0.25) is 0 Å². The molecule has 0 saturated heterocycles. The lowest BCUT2D eigenvalue weighted by molar-refractivity contribution is 0.0910. The maximum atomic E-state index is 11.1. The van der Waals surface area contributed by atoms with Crippen molar-refractivity contribution in [2.45, 2.75) is 20.3 Å². The van der Waals surface area contributed by atoms with Crippen molar-refractivity contribution in [1.82, 2.24) is 10.6 Å². The van der Waals surface area contributed by atoms with Crippen LogP contribution < -0.4 is 10.6 Å². The number of ether oxygens (including phenoxy) is 1. The van der Waals surface area contributed by atoms with Crippen LogP contribution in [-0.4, -0.2) is 44.0 Å². The molecule has 0 aromatic heterocycles. The van der Waals surface area contributed by atoms with Gasteiger partial charge in [0, 0.05) is 19.7 Å². The number of carbonyl (C=O) groups is 1. The average molecular weight is 218 g/mol. The molecule has 90 valence electrons. The molecule has 5 nitrogen and oxygen atoms in total. The summed E-state index contributed by atoms with van der Waals surface area (Å²) in [4.78, 5) is 11.1. The summed E-state index contributed by atoms with van der Waals surface area (Å²) < 4.78 is 5.04. The molecule has 0 aliphatic carbocycles. The Morgan fingerprint density at radius 1 is 1.33 bits per heavy atom. The van der Waals surface area contributed by atoms with Crippen molar-refractivity contribution in [2.75, 3.05) is 32.9 Å². The monoisotopic (exact) mass is 218 g/mol. The Hall–Kier alpha value is -0.810. The second-order valence-corrected chi connectivity index (χ2v) is 3.72. The van der Waals surface area contributed by atoms with Crippen molar-refractivity contribution >= 4 is 6.03 Å². The predicted molar refractivity (Wildman–Crippen MR) is 58.8 cm³/mol. The second-order valence-electron chi connectivity index (χ2n) is 3.72. The maximum absolute atomic E-state index is 11.1. The Bertz CT molecular complexity index is 163. The molecule has 5 heteroatoms. The molecule has 0 heterocycles. The van der Waals surface area contributed by atoms with Crippen LogP contribution >= 0.6 is 0 Å². The Labute approximate surface area is 91.2 Å². The lowest BCUT2D eigenvalue weighted by Gasteiger charge is -2.09. The third-order valence-corrected chi connectivity index (χ3v) is 1.66. The number of urea groups is 1. The topological polar surface area (TPSA) is 70.6 Å². The minimum absolute atomic E-state index is 0.0440. The first-order valence-electron chi connectivity index (χ1n) is 5.37. The van der Waals surface area contributed by atoms with Crippen LogP contribution in [0.2, 0.25) is 0 Å². The van der Waals surface area contributed by atoms with Crippen LogP contribution in [0.5, 0.6) is 0 Å². The molecule has 0 fully saturated rings. The molecule has 0 aliphatic rings. The molecule has 15 heavy (non-hydrogen) atoms. The number of hydrogen-bond acceptors (Lipinski definition) is 3. The van der Waals surface area contributed by atoms with Crippen LogP contribution in [0.3, 0.4) is 0 Å². The van der Waals surface area contributed by atoms with Gasteiger partial charge in [0.1, 0.15) is 0 Å². The van der Waals surface area contributed by atoms with E-state index in [0.29, 0.717) is 32.2 Å². The normalized spacial score (nSPS) is 10.4. The summed E-state index contributed by atoms with van der Waals surface area (Å²) >= 11 is 0. The summed E-state index contributed by atoms with van der Waals surface area (Å²) in [5, 5.41) is 13.9. The van der Waals surface area contributed by atoms with Crippen LogP contribution in [0.25, 0.3) is 0 Å². The Balaban J connectivity index is 3.17. The quantitative estimate of drug-likeness (QED) is 0.514. The van der Waals surface area contributed by atoms with Gasteiger partial charge in [-0.25, -0.2) is 4.79 Å². The molecule has 3 N–H and O–H groups in total. The van der Waals surface area contributed by atoms with Crippen molar-refractivity contribution in [1.29, 1.82) is 0 Å². The fraction of sp³-hybridized carbons (Fsp3) is 0.900. The molecule has 0 bridgehead atoms. The molecular formula is C10H22N2O3. The zero-order chi connectivity index (χ0) is 11.5. The first-order chi connectivity index (χ1) is 7.16. The van der Waals surface area contributed by atoms with Crippen molar-refractivity contribution < 1.29 is 14.6 Å². The summed E-state index contributed by atoms with van der Waals surface area (Å²) in [6.07, 6.45) is 0.759. The van der Waals surface area contributed by atoms with Crippen LogP contribution in [0.4, 0.5) is 4.79 Å². The van der Waals surface area contributed by atoms with Crippen LogP contribution in [0.15, 0.2) is 0 Å². The molecule has 0 aromatic rings. The Morgan fingerprint density at radius 2 is 2.07 bits per heavy atom. The smallest absolute Gasteiger partial charge is 0.314 e. The van der Waals surface area contributed by atoms with Gasteiger partial charge in [-0.2, -0.15) is 0 Å². The fourth-order valence-corrected chi connectivity index (χ4v) is 0.902. The van der Waals surface area contributed by atoms with Crippen LogP contribution in [-0.2, 0) is 4.74 Å². The molecule has 0 aromatic carbocycles. The minimum Gasteiger partial charge on any atom is -0.394 e. The summed E-state index contributed by atoms with van der Waals surface area (Å²) in [6.45, 7) is 6.33. The lowest BCUT2D eigenvalue weighted by atomic mass is 10.2. The fourth-order valence-electron chi connectivity index (χ4n) is 0.902. The zero-order valence-electron chi connectivity index (χ0n) is 9.58. The van der Waals surface area contributed by atoms with Gasteiger partial charge in [-0.1, -0.05) is 13.8 Å². The number of aliphatic hydroxyl groups excluding tert-OH is 1. The summed E-state index contributed by atoms with van der Waals surface area (Å²) in [7, 11) is 0. The van der Waals surface area contributed by atoms with Gasteiger partial charge < -0.3 is 20.5 Å². The standard InChI is InChI=1S/C10H22N2O3/c1-9(2)8-12-10(14)11-4-3-6-15-7-5-13/h9,13H,3-8H2,1-2H3,(H2,11,12,14). The molecule has 0 aliphatic heterocycles. The number of carbonyl (C=O) groups excluding carboxylic acids is 1. The lowest BCUT2D eigenvalue weighted by Crippen LogP contribution is -2.38. The van der Waals surface area contributed by atoms with Gasteiger partial charge in [0.25, 0.3) is 0 Å².